The molecule has 2 aromatic carbocycles. The SMILES string of the molecule is CC(NC(=O)C(=O)NCCCc1ccc(N2CCOCC2)cc1)c1ccccc1. The maximum absolute atomic E-state index is 12.0. The summed E-state index contributed by atoms with van der Waals surface area (Å²) in [5.74, 6) is -1.19. The number of hydrogen-bond acceptors (Lipinski definition) is 4. The van der Waals surface area contributed by atoms with E-state index >= 15 is 0 Å². The van der Waals surface area contributed by atoms with Gasteiger partial charge in [-0.2, -0.15) is 0 Å². The van der Waals surface area contributed by atoms with Gasteiger partial charge >= 0.3 is 11.8 Å². The minimum absolute atomic E-state index is 0.209. The molecule has 0 bridgehead atoms. The average molecular weight is 396 g/mol. The molecule has 1 saturated heterocycles. The summed E-state index contributed by atoms with van der Waals surface area (Å²) in [5.41, 5.74) is 3.40. The molecule has 3 rings (SSSR count). The number of carbonyl (C=O) groups is 2. The van der Waals surface area contributed by atoms with Gasteiger partial charge in [0.05, 0.1) is 19.3 Å². The van der Waals surface area contributed by atoms with Gasteiger partial charge in [0.1, 0.15) is 0 Å². The van der Waals surface area contributed by atoms with Crippen LogP contribution in [0.1, 0.15) is 30.5 Å². The molecule has 1 atom stereocenters. The molecule has 1 unspecified atom stereocenters. The van der Waals surface area contributed by atoms with Crippen LogP contribution < -0.4 is 15.5 Å². The van der Waals surface area contributed by atoms with Crippen molar-refractivity contribution < 1.29 is 14.3 Å². The molecule has 0 radical (unpaired) electrons. The monoisotopic (exact) mass is 395 g/mol. The number of nitrogens with zero attached hydrogens (tertiary/aromatic N) is 1. The third-order valence-corrected chi connectivity index (χ3v) is 5.09. The van der Waals surface area contributed by atoms with E-state index < -0.39 is 11.8 Å². The topological polar surface area (TPSA) is 70.7 Å². The van der Waals surface area contributed by atoms with E-state index in [0.29, 0.717) is 6.54 Å². The first-order valence-electron chi connectivity index (χ1n) is 10.2. The lowest BCUT2D eigenvalue weighted by Crippen LogP contribution is -2.41. The molecule has 0 saturated carbocycles. The van der Waals surface area contributed by atoms with Crippen molar-refractivity contribution in [2.24, 2.45) is 0 Å². The summed E-state index contributed by atoms with van der Waals surface area (Å²) in [5, 5.41) is 5.43. The van der Waals surface area contributed by atoms with Crippen LogP contribution in [-0.2, 0) is 20.7 Å². The van der Waals surface area contributed by atoms with Gasteiger partial charge in [0.2, 0.25) is 0 Å². The lowest BCUT2D eigenvalue weighted by atomic mass is 10.1. The van der Waals surface area contributed by atoms with E-state index in [2.05, 4.69) is 39.8 Å². The number of ether oxygens (including phenoxy) is 1. The summed E-state index contributed by atoms with van der Waals surface area (Å²) in [6.07, 6.45) is 1.63. The Morgan fingerprint density at radius 1 is 1.00 bits per heavy atom. The van der Waals surface area contributed by atoms with Crippen molar-refractivity contribution in [3.63, 3.8) is 0 Å². The summed E-state index contributed by atoms with van der Waals surface area (Å²) in [6.45, 7) is 5.74. The van der Waals surface area contributed by atoms with Crippen molar-refractivity contribution in [2.45, 2.75) is 25.8 Å². The number of benzene rings is 2. The Bertz CT molecular complexity index is 787. The zero-order valence-electron chi connectivity index (χ0n) is 16.9. The first-order chi connectivity index (χ1) is 14.1. The Morgan fingerprint density at radius 3 is 2.38 bits per heavy atom. The van der Waals surface area contributed by atoms with Gasteiger partial charge in [-0.05, 0) is 43.0 Å². The summed E-state index contributed by atoms with van der Waals surface area (Å²) in [7, 11) is 0. The molecular weight excluding hydrogens is 366 g/mol. The van der Waals surface area contributed by atoms with Crippen molar-refractivity contribution in [3.8, 4) is 0 Å². The number of morpholine rings is 1. The van der Waals surface area contributed by atoms with E-state index in [4.69, 9.17) is 4.74 Å². The second-order valence-electron chi connectivity index (χ2n) is 7.23. The fourth-order valence-electron chi connectivity index (χ4n) is 3.36. The molecule has 29 heavy (non-hydrogen) atoms. The van der Waals surface area contributed by atoms with E-state index in [-0.39, 0.29) is 6.04 Å². The van der Waals surface area contributed by atoms with E-state index in [1.165, 1.54) is 11.3 Å². The molecular formula is C23H29N3O3. The molecule has 1 aliphatic heterocycles. The molecule has 0 aromatic heterocycles. The quantitative estimate of drug-likeness (QED) is 0.558. The van der Waals surface area contributed by atoms with E-state index in [0.717, 1.165) is 44.7 Å². The van der Waals surface area contributed by atoms with Crippen LogP contribution in [-0.4, -0.2) is 44.7 Å². The predicted molar refractivity (Wildman–Crippen MR) is 114 cm³/mol. The third-order valence-electron chi connectivity index (χ3n) is 5.09. The lowest BCUT2D eigenvalue weighted by molar-refractivity contribution is -0.139. The Hall–Kier alpha value is -2.86. The highest BCUT2D eigenvalue weighted by molar-refractivity contribution is 6.35. The number of nitrogens with one attached hydrogen (secondary N) is 2. The Balaban J connectivity index is 1.36. The minimum atomic E-state index is -0.601. The van der Waals surface area contributed by atoms with Crippen molar-refractivity contribution in [3.05, 3.63) is 65.7 Å². The van der Waals surface area contributed by atoms with Crippen molar-refractivity contribution in [1.29, 1.82) is 0 Å². The van der Waals surface area contributed by atoms with Crippen LogP contribution >= 0.6 is 0 Å². The normalized spacial score (nSPS) is 14.9. The second-order valence-corrected chi connectivity index (χ2v) is 7.23. The van der Waals surface area contributed by atoms with Gasteiger partial charge in [-0.15, -0.1) is 0 Å². The molecule has 1 aliphatic rings. The summed E-state index contributed by atoms with van der Waals surface area (Å²) in [6, 6.07) is 17.9. The van der Waals surface area contributed by atoms with Gasteiger partial charge in [0.25, 0.3) is 0 Å². The Labute approximate surface area is 172 Å². The molecule has 0 aliphatic carbocycles. The fraction of sp³-hybridized carbons (Fsp3) is 0.391. The smallest absolute Gasteiger partial charge is 0.309 e. The van der Waals surface area contributed by atoms with E-state index in [9.17, 15) is 9.59 Å². The van der Waals surface area contributed by atoms with Crippen LogP contribution in [0.2, 0.25) is 0 Å². The molecule has 2 amide bonds. The van der Waals surface area contributed by atoms with Gasteiger partial charge < -0.3 is 20.3 Å². The zero-order valence-corrected chi connectivity index (χ0v) is 16.9. The highest BCUT2D eigenvalue weighted by atomic mass is 16.5. The number of anilines is 1. The molecule has 154 valence electrons. The zero-order chi connectivity index (χ0) is 20.5. The van der Waals surface area contributed by atoms with Crippen molar-refractivity contribution >= 4 is 17.5 Å². The Kier molecular flexibility index (Phi) is 7.64. The standard InChI is InChI=1S/C23H29N3O3/c1-18(20-7-3-2-4-8-20)25-23(28)22(27)24-13-5-6-19-9-11-21(12-10-19)26-14-16-29-17-15-26/h2-4,7-12,18H,5-6,13-17H2,1H3,(H,24,27)(H,25,28). The first-order valence-corrected chi connectivity index (χ1v) is 10.2. The number of hydrogen-bond donors (Lipinski definition) is 2. The fourth-order valence-corrected chi connectivity index (χ4v) is 3.36. The number of carbonyl (C=O) groups excluding carboxylic acids is 2. The minimum Gasteiger partial charge on any atom is -0.378 e. The summed E-state index contributed by atoms with van der Waals surface area (Å²) < 4.78 is 5.39. The lowest BCUT2D eigenvalue weighted by Gasteiger charge is -2.28. The number of amides is 2. The van der Waals surface area contributed by atoms with Crippen LogP contribution in [0.25, 0.3) is 0 Å². The number of aryl methyl sites for hydroxylation is 1. The molecule has 1 fully saturated rings. The van der Waals surface area contributed by atoms with E-state index in [1.54, 1.807) is 0 Å². The third kappa shape index (κ3) is 6.32. The highest BCUT2D eigenvalue weighted by Gasteiger charge is 2.16. The van der Waals surface area contributed by atoms with Gasteiger partial charge in [0.15, 0.2) is 0 Å². The largest absolute Gasteiger partial charge is 0.378 e. The van der Waals surface area contributed by atoms with Crippen LogP contribution in [0.3, 0.4) is 0 Å². The van der Waals surface area contributed by atoms with Crippen LogP contribution in [0.4, 0.5) is 5.69 Å². The number of rotatable bonds is 7. The molecule has 6 heteroatoms. The molecule has 2 N–H and O–H groups in total. The van der Waals surface area contributed by atoms with Crippen molar-refractivity contribution in [2.75, 3.05) is 37.7 Å². The van der Waals surface area contributed by atoms with Gasteiger partial charge in [-0.25, -0.2) is 0 Å². The van der Waals surface area contributed by atoms with Gasteiger partial charge in [-0.1, -0.05) is 42.5 Å². The Morgan fingerprint density at radius 2 is 1.69 bits per heavy atom. The van der Waals surface area contributed by atoms with Gasteiger partial charge in [0, 0.05) is 25.3 Å². The van der Waals surface area contributed by atoms with Crippen LogP contribution in [0.15, 0.2) is 54.6 Å². The average Bonchev–Trinajstić information content (AvgIpc) is 2.78. The van der Waals surface area contributed by atoms with E-state index in [1.807, 2.05) is 37.3 Å². The molecule has 1 heterocycles. The highest BCUT2D eigenvalue weighted by Crippen LogP contribution is 2.17. The van der Waals surface area contributed by atoms with Crippen LogP contribution in [0, 0.1) is 0 Å². The van der Waals surface area contributed by atoms with Crippen molar-refractivity contribution in [1.82, 2.24) is 10.6 Å². The maximum Gasteiger partial charge on any atom is 0.309 e. The second kappa shape index (κ2) is 10.6. The maximum atomic E-state index is 12.0. The van der Waals surface area contributed by atoms with Crippen LogP contribution in [0.5, 0.6) is 0 Å². The molecule has 6 nitrogen and oxygen atoms in total. The predicted octanol–water partition coefficient (Wildman–Crippen LogP) is 2.45. The summed E-state index contributed by atoms with van der Waals surface area (Å²) >= 11 is 0. The first kappa shape index (κ1) is 20.9. The molecule has 0 spiro atoms. The van der Waals surface area contributed by atoms with Gasteiger partial charge in [-0.3, -0.25) is 9.59 Å². The molecule has 2 aromatic rings. The summed E-state index contributed by atoms with van der Waals surface area (Å²) in [4.78, 5) is 26.4.